The van der Waals surface area contributed by atoms with Gasteiger partial charge in [-0.05, 0) is 26.0 Å². The summed E-state index contributed by atoms with van der Waals surface area (Å²) in [6.45, 7) is 3.88. The summed E-state index contributed by atoms with van der Waals surface area (Å²) in [5.74, 6) is -0.274. The van der Waals surface area contributed by atoms with Crippen LogP contribution in [-0.2, 0) is 0 Å². The van der Waals surface area contributed by atoms with E-state index in [1.165, 1.54) is 6.07 Å². The molecule has 0 aliphatic carbocycles. The highest BCUT2D eigenvalue weighted by Gasteiger charge is 2.12. The molecule has 0 fully saturated rings. The van der Waals surface area contributed by atoms with Gasteiger partial charge in [-0.25, -0.2) is 4.39 Å². The molecule has 2 N–H and O–H groups in total. The highest BCUT2D eigenvalue weighted by molar-refractivity contribution is 9.10. The zero-order valence-corrected chi connectivity index (χ0v) is 9.81. The smallest absolute Gasteiger partial charge is 0.129 e. The number of halogens is 2. The van der Waals surface area contributed by atoms with Crippen molar-refractivity contribution in [2.45, 2.75) is 19.9 Å². The van der Waals surface area contributed by atoms with Gasteiger partial charge in [0.1, 0.15) is 5.82 Å². The van der Waals surface area contributed by atoms with Crippen LogP contribution in [0.15, 0.2) is 34.3 Å². The summed E-state index contributed by atoms with van der Waals surface area (Å²) >= 11 is 3.29. The second kappa shape index (κ2) is 4.71. The quantitative estimate of drug-likeness (QED) is 0.806. The third-order valence-electron chi connectivity index (χ3n) is 1.85. The van der Waals surface area contributed by atoms with E-state index in [1.54, 1.807) is 12.1 Å². The summed E-state index contributed by atoms with van der Waals surface area (Å²) in [6.07, 6.45) is 1.84. The van der Waals surface area contributed by atoms with Gasteiger partial charge in [0.05, 0.1) is 6.04 Å². The molecule has 0 spiro atoms. The Balaban J connectivity index is 3.12. The highest BCUT2D eigenvalue weighted by Crippen LogP contribution is 2.26. The van der Waals surface area contributed by atoms with Crippen LogP contribution in [0.4, 0.5) is 4.39 Å². The molecular formula is C11H13BrFN. The van der Waals surface area contributed by atoms with Gasteiger partial charge in [0.2, 0.25) is 0 Å². The maximum Gasteiger partial charge on any atom is 0.129 e. The number of rotatable bonds is 2. The molecule has 3 heteroatoms. The van der Waals surface area contributed by atoms with Crippen molar-refractivity contribution in [3.8, 4) is 0 Å². The van der Waals surface area contributed by atoms with E-state index in [-0.39, 0.29) is 5.82 Å². The van der Waals surface area contributed by atoms with Crippen molar-refractivity contribution < 1.29 is 4.39 Å². The van der Waals surface area contributed by atoms with Gasteiger partial charge in [-0.2, -0.15) is 0 Å². The van der Waals surface area contributed by atoms with Crippen molar-refractivity contribution >= 4 is 15.9 Å². The van der Waals surface area contributed by atoms with E-state index in [0.29, 0.717) is 10.0 Å². The third-order valence-corrected chi connectivity index (χ3v) is 2.54. The molecule has 0 aromatic heterocycles. The molecule has 0 aliphatic heterocycles. The summed E-state index contributed by atoms with van der Waals surface area (Å²) < 4.78 is 14.1. The Morgan fingerprint density at radius 1 is 1.50 bits per heavy atom. The number of benzene rings is 1. The predicted octanol–water partition coefficient (Wildman–Crippen LogP) is 3.55. The van der Waals surface area contributed by atoms with Crippen LogP contribution in [0.2, 0.25) is 0 Å². The van der Waals surface area contributed by atoms with Gasteiger partial charge in [0.15, 0.2) is 0 Å². The Bertz CT molecular complexity index is 336. The number of nitrogens with two attached hydrogens (primary N) is 1. The Hall–Kier alpha value is -0.670. The first-order valence-corrected chi connectivity index (χ1v) is 5.16. The minimum atomic E-state index is -0.393. The summed E-state index contributed by atoms with van der Waals surface area (Å²) in [5, 5.41) is 0. The van der Waals surface area contributed by atoms with Crippen molar-refractivity contribution in [3.63, 3.8) is 0 Å². The van der Waals surface area contributed by atoms with Crippen LogP contribution in [0.3, 0.4) is 0 Å². The molecule has 1 aromatic carbocycles. The average molecular weight is 258 g/mol. The number of hydrogen-bond donors (Lipinski definition) is 1. The molecule has 14 heavy (non-hydrogen) atoms. The van der Waals surface area contributed by atoms with Crippen LogP contribution in [-0.4, -0.2) is 0 Å². The minimum Gasteiger partial charge on any atom is -0.321 e. The maximum atomic E-state index is 13.4. The van der Waals surface area contributed by atoms with Gasteiger partial charge in [-0.1, -0.05) is 33.6 Å². The van der Waals surface area contributed by atoms with E-state index in [1.807, 2.05) is 19.9 Å². The molecule has 0 aliphatic rings. The molecule has 1 nitrogen and oxygen atoms in total. The molecule has 1 atom stereocenters. The number of hydrogen-bond acceptors (Lipinski definition) is 1. The molecule has 0 radical (unpaired) electrons. The van der Waals surface area contributed by atoms with Crippen molar-refractivity contribution in [3.05, 3.63) is 45.7 Å². The van der Waals surface area contributed by atoms with Gasteiger partial charge in [-0.3, -0.25) is 0 Å². The van der Waals surface area contributed by atoms with Crippen LogP contribution in [0.25, 0.3) is 0 Å². The molecular weight excluding hydrogens is 245 g/mol. The van der Waals surface area contributed by atoms with Crippen molar-refractivity contribution in [2.75, 3.05) is 0 Å². The largest absolute Gasteiger partial charge is 0.321 e. The lowest BCUT2D eigenvalue weighted by Crippen LogP contribution is -2.10. The molecule has 0 amide bonds. The Morgan fingerprint density at radius 3 is 2.64 bits per heavy atom. The zero-order valence-electron chi connectivity index (χ0n) is 8.22. The van der Waals surface area contributed by atoms with Gasteiger partial charge in [0, 0.05) is 10.0 Å². The van der Waals surface area contributed by atoms with Crippen molar-refractivity contribution in [1.82, 2.24) is 0 Å². The van der Waals surface area contributed by atoms with E-state index in [4.69, 9.17) is 5.73 Å². The van der Waals surface area contributed by atoms with E-state index < -0.39 is 6.04 Å². The molecule has 76 valence electrons. The first-order chi connectivity index (χ1) is 6.52. The molecule has 0 heterocycles. The highest BCUT2D eigenvalue weighted by atomic mass is 79.9. The summed E-state index contributed by atoms with van der Waals surface area (Å²) in [4.78, 5) is 0. The van der Waals surface area contributed by atoms with Crippen LogP contribution >= 0.6 is 15.9 Å². The van der Waals surface area contributed by atoms with Crippen LogP contribution in [0.1, 0.15) is 25.5 Å². The van der Waals surface area contributed by atoms with E-state index in [9.17, 15) is 4.39 Å². The average Bonchev–Trinajstić information content (AvgIpc) is 2.01. The van der Waals surface area contributed by atoms with E-state index in [2.05, 4.69) is 15.9 Å². The lowest BCUT2D eigenvalue weighted by atomic mass is 10.1. The predicted molar refractivity (Wildman–Crippen MR) is 60.5 cm³/mol. The molecule has 0 saturated heterocycles. The third kappa shape index (κ3) is 2.66. The molecule has 0 saturated carbocycles. The van der Waals surface area contributed by atoms with Gasteiger partial charge >= 0.3 is 0 Å². The van der Waals surface area contributed by atoms with Crippen molar-refractivity contribution in [2.24, 2.45) is 5.73 Å². The standard InChI is InChI=1S/C11H13BrFN/c1-7(2)6-10(14)11-8(12)4-3-5-9(11)13/h3-6,10H,14H2,1-2H3. The lowest BCUT2D eigenvalue weighted by Gasteiger charge is -2.11. The van der Waals surface area contributed by atoms with Crippen LogP contribution < -0.4 is 5.73 Å². The normalized spacial score (nSPS) is 12.4. The van der Waals surface area contributed by atoms with E-state index >= 15 is 0 Å². The molecule has 1 aromatic rings. The topological polar surface area (TPSA) is 26.0 Å². The zero-order chi connectivity index (χ0) is 10.7. The second-order valence-corrected chi connectivity index (χ2v) is 4.26. The number of allylic oxidation sites excluding steroid dienone is 1. The van der Waals surface area contributed by atoms with E-state index in [0.717, 1.165) is 5.57 Å². The van der Waals surface area contributed by atoms with Crippen molar-refractivity contribution in [1.29, 1.82) is 0 Å². The second-order valence-electron chi connectivity index (χ2n) is 3.41. The maximum absolute atomic E-state index is 13.4. The fraction of sp³-hybridized carbons (Fsp3) is 0.273. The fourth-order valence-electron chi connectivity index (χ4n) is 1.27. The minimum absolute atomic E-state index is 0.274. The van der Waals surface area contributed by atoms with Gasteiger partial charge in [0.25, 0.3) is 0 Å². The Kier molecular flexibility index (Phi) is 3.84. The summed E-state index contributed by atoms with van der Waals surface area (Å²) in [6, 6.07) is 4.46. The Labute approximate surface area is 91.9 Å². The molecule has 0 bridgehead atoms. The van der Waals surface area contributed by atoms with Gasteiger partial charge in [-0.15, -0.1) is 0 Å². The lowest BCUT2D eigenvalue weighted by molar-refractivity contribution is 0.600. The fourth-order valence-corrected chi connectivity index (χ4v) is 1.88. The van der Waals surface area contributed by atoms with Crippen LogP contribution in [0, 0.1) is 5.82 Å². The monoisotopic (exact) mass is 257 g/mol. The summed E-state index contributed by atoms with van der Waals surface area (Å²) in [5.41, 5.74) is 7.44. The first kappa shape index (κ1) is 11.4. The SMILES string of the molecule is CC(C)=CC(N)c1c(F)cccc1Br. The first-order valence-electron chi connectivity index (χ1n) is 4.37. The Morgan fingerprint density at radius 2 is 2.14 bits per heavy atom. The van der Waals surface area contributed by atoms with Gasteiger partial charge < -0.3 is 5.73 Å². The molecule has 1 rings (SSSR count). The molecule has 1 unspecified atom stereocenters. The van der Waals surface area contributed by atoms with Crippen LogP contribution in [0.5, 0.6) is 0 Å². The summed E-state index contributed by atoms with van der Waals surface area (Å²) in [7, 11) is 0.